The molecular weight excluding hydrogens is 413 g/mol. The van der Waals surface area contributed by atoms with Crippen LogP contribution in [-0.2, 0) is 0 Å². The van der Waals surface area contributed by atoms with E-state index >= 15 is 0 Å². The first-order chi connectivity index (χ1) is 12.2. The molecule has 0 fully saturated rings. The fourth-order valence-electron chi connectivity index (χ4n) is 4.10. The summed E-state index contributed by atoms with van der Waals surface area (Å²) >= 11 is -2.45. The average molecular weight is 448 g/mol. The zero-order valence-corrected chi connectivity index (χ0v) is 19.5. The Morgan fingerprint density at radius 2 is 1.48 bits per heavy atom. The van der Waals surface area contributed by atoms with Crippen LogP contribution in [0.25, 0.3) is 10.9 Å². The molecule has 0 aliphatic rings. The molecule has 1 heterocycles. The normalized spacial score (nSPS) is 11.8. The zero-order valence-electron chi connectivity index (χ0n) is 16.6. The van der Waals surface area contributed by atoms with Crippen LogP contribution in [0, 0.1) is 0 Å². The van der Waals surface area contributed by atoms with E-state index in [2.05, 4.69) is 50.0 Å². The Morgan fingerprint density at radius 1 is 0.880 bits per heavy atom. The standard InChI is InChI=1S/C10H8NO.3C4H9.Sn/c1-12-9-6-2-4-8-5-3-7-11-10(8)9;3*1-3-4-2;/h2-3,5-7H,1H3;3*1,3-4H2,2H3;. The second-order valence-electron chi connectivity index (χ2n) is 7.31. The Bertz CT molecular complexity index is 634. The molecule has 0 aliphatic heterocycles. The van der Waals surface area contributed by atoms with Gasteiger partial charge in [-0.15, -0.1) is 0 Å². The van der Waals surface area contributed by atoms with Crippen molar-refractivity contribution in [1.29, 1.82) is 0 Å². The van der Waals surface area contributed by atoms with Crippen molar-refractivity contribution < 1.29 is 4.74 Å². The molecule has 0 saturated heterocycles. The molecule has 0 radical (unpaired) electrons. The summed E-state index contributed by atoms with van der Waals surface area (Å²) in [6.07, 6.45) is 9.98. The molecule has 2 nitrogen and oxygen atoms in total. The van der Waals surface area contributed by atoms with E-state index in [-0.39, 0.29) is 0 Å². The van der Waals surface area contributed by atoms with E-state index in [1.165, 1.54) is 57.2 Å². The van der Waals surface area contributed by atoms with Gasteiger partial charge in [-0.3, -0.25) is 0 Å². The molecule has 0 spiro atoms. The van der Waals surface area contributed by atoms with Gasteiger partial charge in [0, 0.05) is 0 Å². The Hall–Kier alpha value is -0.771. The number of hydrogen-bond acceptors (Lipinski definition) is 2. The number of ether oxygens (including phenoxy) is 1. The van der Waals surface area contributed by atoms with E-state index in [1.807, 2.05) is 6.20 Å². The second-order valence-corrected chi connectivity index (χ2v) is 20.4. The number of pyridine rings is 1. The monoisotopic (exact) mass is 449 g/mol. The van der Waals surface area contributed by atoms with Crippen LogP contribution in [-0.4, -0.2) is 30.5 Å². The van der Waals surface area contributed by atoms with Gasteiger partial charge < -0.3 is 0 Å². The van der Waals surface area contributed by atoms with Crippen LogP contribution in [0.2, 0.25) is 13.3 Å². The maximum atomic E-state index is 5.60. The van der Waals surface area contributed by atoms with Gasteiger partial charge in [0.1, 0.15) is 0 Å². The van der Waals surface area contributed by atoms with Crippen LogP contribution < -0.4 is 8.32 Å². The fraction of sp³-hybridized carbons (Fsp3) is 0.591. The Balaban J connectivity index is 2.60. The summed E-state index contributed by atoms with van der Waals surface area (Å²) in [5.41, 5.74) is 1.06. The van der Waals surface area contributed by atoms with Crippen LogP contribution in [0.5, 0.6) is 5.75 Å². The third-order valence-electron chi connectivity index (χ3n) is 5.55. The third kappa shape index (κ3) is 4.90. The molecule has 1 aromatic heterocycles. The van der Waals surface area contributed by atoms with Gasteiger partial charge in [-0.05, 0) is 0 Å². The molecule has 0 unspecified atom stereocenters. The van der Waals surface area contributed by atoms with Crippen LogP contribution in [0.3, 0.4) is 0 Å². The molecule has 138 valence electrons. The Kier molecular flexibility index (Phi) is 8.54. The predicted molar refractivity (Wildman–Crippen MR) is 113 cm³/mol. The summed E-state index contributed by atoms with van der Waals surface area (Å²) in [4.78, 5) is 4.68. The van der Waals surface area contributed by atoms with Crippen molar-refractivity contribution in [2.24, 2.45) is 0 Å². The topological polar surface area (TPSA) is 22.1 Å². The van der Waals surface area contributed by atoms with Gasteiger partial charge in [-0.2, -0.15) is 0 Å². The second kappa shape index (κ2) is 10.4. The van der Waals surface area contributed by atoms with Crippen molar-refractivity contribution in [3.8, 4) is 5.75 Å². The Labute approximate surface area is 158 Å². The number of nitrogens with zero attached hydrogens (tertiary/aromatic N) is 1. The number of hydrogen-bond donors (Lipinski definition) is 0. The number of benzene rings is 1. The van der Waals surface area contributed by atoms with E-state index in [0.29, 0.717) is 0 Å². The minimum absolute atomic E-state index is 0.918. The van der Waals surface area contributed by atoms with Crippen LogP contribution in [0.4, 0.5) is 0 Å². The van der Waals surface area contributed by atoms with Gasteiger partial charge in [0.15, 0.2) is 0 Å². The predicted octanol–water partition coefficient (Wildman–Crippen LogP) is 6.30. The van der Waals surface area contributed by atoms with Crippen molar-refractivity contribution in [3.63, 3.8) is 0 Å². The van der Waals surface area contributed by atoms with E-state index in [0.717, 1.165) is 11.3 Å². The van der Waals surface area contributed by atoms with E-state index in [4.69, 9.17) is 4.74 Å². The number of unbranched alkanes of at least 4 members (excludes halogenated alkanes) is 3. The third-order valence-corrected chi connectivity index (χ3v) is 21.3. The molecule has 0 atom stereocenters. The number of aromatic nitrogens is 1. The Morgan fingerprint density at radius 3 is 2.00 bits per heavy atom. The zero-order chi connectivity index (χ0) is 18.1. The van der Waals surface area contributed by atoms with Crippen LogP contribution in [0.15, 0.2) is 30.5 Å². The summed E-state index contributed by atoms with van der Waals surface area (Å²) in [7, 11) is 1.75. The molecule has 0 N–H and O–H groups in total. The summed E-state index contributed by atoms with van der Waals surface area (Å²) in [6.45, 7) is 7.01. The molecule has 1 aromatic carbocycles. The van der Waals surface area contributed by atoms with Crippen molar-refractivity contribution in [1.82, 2.24) is 4.98 Å². The van der Waals surface area contributed by atoms with Crippen molar-refractivity contribution in [3.05, 3.63) is 30.5 Å². The summed E-state index contributed by atoms with van der Waals surface area (Å²) in [5, 5.41) is 1.38. The van der Waals surface area contributed by atoms with Gasteiger partial charge in [0.05, 0.1) is 0 Å². The summed E-state index contributed by atoms with van der Waals surface area (Å²) in [6, 6.07) is 8.98. The SMILES string of the molecule is CCC[CH2][Sn]([CH2]CCC)([CH2]CCC)[c]1ccc(OC)c2ncccc12. The quantitative estimate of drug-likeness (QED) is 0.377. The van der Waals surface area contributed by atoms with Crippen LogP contribution in [0.1, 0.15) is 59.3 Å². The molecule has 0 aliphatic carbocycles. The molecular formula is C22H35NOSn. The van der Waals surface area contributed by atoms with Crippen molar-refractivity contribution in [2.45, 2.75) is 72.6 Å². The van der Waals surface area contributed by atoms with Gasteiger partial charge in [-0.1, -0.05) is 0 Å². The first kappa shape index (κ1) is 20.5. The van der Waals surface area contributed by atoms with Gasteiger partial charge in [0.25, 0.3) is 0 Å². The fourth-order valence-corrected chi connectivity index (χ4v) is 20.8. The molecule has 0 bridgehead atoms. The molecule has 25 heavy (non-hydrogen) atoms. The van der Waals surface area contributed by atoms with E-state index in [9.17, 15) is 0 Å². The van der Waals surface area contributed by atoms with Crippen LogP contribution >= 0.6 is 0 Å². The molecule has 3 heteroatoms. The molecule has 0 amide bonds. The van der Waals surface area contributed by atoms with Crippen molar-refractivity contribution in [2.75, 3.05) is 7.11 Å². The molecule has 2 rings (SSSR count). The van der Waals surface area contributed by atoms with E-state index in [1.54, 1.807) is 10.7 Å². The number of methoxy groups -OCH3 is 1. The average Bonchev–Trinajstić information content (AvgIpc) is 2.67. The minimum atomic E-state index is -2.45. The van der Waals surface area contributed by atoms with Gasteiger partial charge in [0.2, 0.25) is 0 Å². The molecule has 0 saturated carbocycles. The molecule has 2 aromatic rings. The van der Waals surface area contributed by atoms with E-state index < -0.39 is 18.4 Å². The number of rotatable bonds is 11. The van der Waals surface area contributed by atoms with Gasteiger partial charge in [-0.25, -0.2) is 0 Å². The number of fused-ring (bicyclic) bond motifs is 1. The maximum absolute atomic E-state index is 5.60. The summed E-state index contributed by atoms with van der Waals surface area (Å²) < 4.78 is 11.8. The van der Waals surface area contributed by atoms with Crippen molar-refractivity contribution >= 4 is 32.9 Å². The van der Waals surface area contributed by atoms with Gasteiger partial charge >= 0.3 is 159 Å². The first-order valence-electron chi connectivity index (χ1n) is 10.1. The summed E-state index contributed by atoms with van der Waals surface area (Å²) in [5.74, 6) is 0.918. The first-order valence-corrected chi connectivity index (χ1v) is 17.6.